The maximum absolute atomic E-state index is 8.64. The number of hydrogen-bond acceptors (Lipinski definition) is 3. The molecule has 2 rings (SSSR count). The Kier molecular flexibility index (Phi) is 3.35. The van der Waals surface area contributed by atoms with Crippen LogP contribution in [-0.2, 0) is 6.42 Å². The molecule has 0 aliphatic carbocycles. The first-order valence-electron chi connectivity index (χ1n) is 5.35. The summed E-state index contributed by atoms with van der Waals surface area (Å²) in [6.07, 6.45) is 3.76. The Hall–Kier alpha value is -1.35. The lowest BCUT2D eigenvalue weighted by molar-refractivity contribution is 0.282. The molecule has 0 unspecified atom stereocenters. The van der Waals surface area contributed by atoms with E-state index in [0.717, 1.165) is 42.7 Å². The average molecular weight is 205 g/mol. The molecule has 1 aromatic carbocycles. The molecule has 0 saturated heterocycles. The molecule has 0 bridgehead atoms. The second-order valence-corrected chi connectivity index (χ2v) is 3.61. The monoisotopic (exact) mass is 205 g/mol. The quantitative estimate of drug-likeness (QED) is 0.763. The van der Waals surface area contributed by atoms with Crippen molar-refractivity contribution in [2.75, 3.05) is 6.61 Å². The van der Waals surface area contributed by atoms with Gasteiger partial charge in [-0.05, 0) is 25.0 Å². The second-order valence-electron chi connectivity index (χ2n) is 3.61. The average Bonchev–Trinajstić information content (AvgIpc) is 2.67. The Morgan fingerprint density at radius 1 is 1.13 bits per heavy atom. The zero-order valence-corrected chi connectivity index (χ0v) is 8.65. The van der Waals surface area contributed by atoms with Crippen LogP contribution in [0.25, 0.3) is 11.1 Å². The zero-order chi connectivity index (χ0) is 10.5. The summed E-state index contributed by atoms with van der Waals surface area (Å²) in [7, 11) is 0. The van der Waals surface area contributed by atoms with Crippen LogP contribution in [0.15, 0.2) is 28.7 Å². The lowest BCUT2D eigenvalue weighted by Crippen LogP contribution is -1.87. The molecule has 1 aromatic heterocycles. The van der Waals surface area contributed by atoms with Gasteiger partial charge in [0.15, 0.2) is 11.5 Å². The summed E-state index contributed by atoms with van der Waals surface area (Å²) in [5.74, 6) is 0.800. The van der Waals surface area contributed by atoms with Crippen LogP contribution in [0.4, 0.5) is 0 Å². The van der Waals surface area contributed by atoms with Crippen molar-refractivity contribution in [3.8, 4) is 0 Å². The lowest BCUT2D eigenvalue weighted by Gasteiger charge is -1.94. The standard InChI is InChI=1S/C12H15NO2/c14-9-5-1-2-8-12-13-10-6-3-4-7-11(10)15-12/h3-4,6-7,14H,1-2,5,8-9H2. The number of aromatic nitrogens is 1. The van der Waals surface area contributed by atoms with E-state index in [9.17, 15) is 0 Å². The number of oxazole rings is 1. The molecule has 1 N–H and O–H groups in total. The Balaban J connectivity index is 1.97. The summed E-state index contributed by atoms with van der Waals surface area (Å²) < 4.78 is 5.57. The summed E-state index contributed by atoms with van der Waals surface area (Å²) in [4.78, 5) is 4.38. The van der Waals surface area contributed by atoms with Gasteiger partial charge in [0.2, 0.25) is 0 Å². The Morgan fingerprint density at radius 2 is 2.00 bits per heavy atom. The lowest BCUT2D eigenvalue weighted by atomic mass is 10.2. The van der Waals surface area contributed by atoms with Gasteiger partial charge in [-0.3, -0.25) is 0 Å². The number of aliphatic hydroxyl groups is 1. The SMILES string of the molecule is OCCCCCc1nc2ccccc2o1. The number of benzene rings is 1. The van der Waals surface area contributed by atoms with E-state index in [1.165, 1.54) is 0 Å². The number of unbranched alkanes of at least 4 members (excludes halogenated alkanes) is 2. The van der Waals surface area contributed by atoms with Crippen LogP contribution < -0.4 is 0 Å². The van der Waals surface area contributed by atoms with Crippen LogP contribution in [0.1, 0.15) is 25.2 Å². The molecule has 0 fully saturated rings. The van der Waals surface area contributed by atoms with Gasteiger partial charge in [-0.25, -0.2) is 4.98 Å². The first-order chi connectivity index (χ1) is 7.40. The molecule has 0 amide bonds. The first-order valence-corrected chi connectivity index (χ1v) is 5.35. The highest BCUT2D eigenvalue weighted by atomic mass is 16.3. The van der Waals surface area contributed by atoms with Gasteiger partial charge in [-0.1, -0.05) is 18.6 Å². The van der Waals surface area contributed by atoms with Crippen LogP contribution in [0.5, 0.6) is 0 Å². The third-order valence-electron chi connectivity index (χ3n) is 2.39. The molecule has 15 heavy (non-hydrogen) atoms. The van der Waals surface area contributed by atoms with Crippen LogP contribution in [-0.4, -0.2) is 16.7 Å². The smallest absolute Gasteiger partial charge is 0.195 e. The molecule has 2 aromatic rings. The van der Waals surface area contributed by atoms with Crippen LogP contribution in [0, 0.1) is 0 Å². The summed E-state index contributed by atoms with van der Waals surface area (Å²) in [6.45, 7) is 0.271. The van der Waals surface area contributed by atoms with Gasteiger partial charge < -0.3 is 9.52 Å². The molecule has 0 atom stereocenters. The third kappa shape index (κ3) is 2.57. The number of hydrogen-bond donors (Lipinski definition) is 1. The van der Waals surface area contributed by atoms with Gasteiger partial charge >= 0.3 is 0 Å². The largest absolute Gasteiger partial charge is 0.441 e. The number of nitrogens with zero attached hydrogens (tertiary/aromatic N) is 1. The molecular formula is C12H15NO2. The van der Waals surface area contributed by atoms with Gasteiger partial charge in [0.1, 0.15) is 5.52 Å². The Morgan fingerprint density at radius 3 is 2.80 bits per heavy atom. The van der Waals surface area contributed by atoms with E-state index in [2.05, 4.69) is 4.98 Å². The number of aliphatic hydroxyl groups excluding tert-OH is 1. The van der Waals surface area contributed by atoms with E-state index in [4.69, 9.17) is 9.52 Å². The fourth-order valence-corrected chi connectivity index (χ4v) is 1.59. The highest BCUT2D eigenvalue weighted by molar-refractivity contribution is 5.72. The van der Waals surface area contributed by atoms with E-state index in [1.807, 2.05) is 24.3 Å². The van der Waals surface area contributed by atoms with Crippen LogP contribution >= 0.6 is 0 Å². The molecule has 3 nitrogen and oxygen atoms in total. The van der Waals surface area contributed by atoms with Crippen molar-refractivity contribution >= 4 is 11.1 Å². The first kappa shape index (κ1) is 10.2. The van der Waals surface area contributed by atoms with E-state index in [1.54, 1.807) is 0 Å². The molecule has 0 radical (unpaired) electrons. The van der Waals surface area contributed by atoms with Gasteiger partial charge in [0, 0.05) is 13.0 Å². The molecule has 0 spiro atoms. The fraction of sp³-hybridized carbons (Fsp3) is 0.417. The predicted octanol–water partition coefficient (Wildman–Crippen LogP) is 2.53. The Bertz CT molecular complexity index is 389. The molecule has 1 heterocycles. The topological polar surface area (TPSA) is 46.3 Å². The van der Waals surface area contributed by atoms with Gasteiger partial charge in [-0.15, -0.1) is 0 Å². The van der Waals surface area contributed by atoms with E-state index in [-0.39, 0.29) is 6.61 Å². The van der Waals surface area contributed by atoms with Crippen molar-refractivity contribution in [2.45, 2.75) is 25.7 Å². The highest BCUT2D eigenvalue weighted by Crippen LogP contribution is 2.16. The maximum Gasteiger partial charge on any atom is 0.195 e. The second kappa shape index (κ2) is 4.94. The molecule has 0 saturated carbocycles. The highest BCUT2D eigenvalue weighted by Gasteiger charge is 2.03. The van der Waals surface area contributed by atoms with Crippen molar-refractivity contribution in [2.24, 2.45) is 0 Å². The molecule has 0 aliphatic rings. The number of rotatable bonds is 5. The van der Waals surface area contributed by atoms with E-state index < -0.39 is 0 Å². The molecule has 80 valence electrons. The fourth-order valence-electron chi connectivity index (χ4n) is 1.59. The molecular weight excluding hydrogens is 190 g/mol. The van der Waals surface area contributed by atoms with Crippen molar-refractivity contribution in [1.29, 1.82) is 0 Å². The predicted molar refractivity (Wildman–Crippen MR) is 58.6 cm³/mol. The normalized spacial score (nSPS) is 11.0. The summed E-state index contributed by atoms with van der Waals surface area (Å²) in [5, 5.41) is 8.64. The molecule has 0 aliphatic heterocycles. The van der Waals surface area contributed by atoms with Crippen LogP contribution in [0.3, 0.4) is 0 Å². The van der Waals surface area contributed by atoms with Crippen molar-refractivity contribution < 1.29 is 9.52 Å². The van der Waals surface area contributed by atoms with Gasteiger partial charge in [0.05, 0.1) is 0 Å². The van der Waals surface area contributed by atoms with Gasteiger partial charge in [-0.2, -0.15) is 0 Å². The number of aryl methyl sites for hydroxylation is 1. The Labute approximate surface area is 88.7 Å². The van der Waals surface area contributed by atoms with Crippen LogP contribution in [0.2, 0.25) is 0 Å². The summed E-state index contributed by atoms with van der Waals surface area (Å²) >= 11 is 0. The minimum atomic E-state index is 0.271. The summed E-state index contributed by atoms with van der Waals surface area (Å²) in [6, 6.07) is 7.79. The van der Waals surface area contributed by atoms with Crippen molar-refractivity contribution in [3.05, 3.63) is 30.2 Å². The van der Waals surface area contributed by atoms with Crippen molar-refractivity contribution in [1.82, 2.24) is 4.98 Å². The van der Waals surface area contributed by atoms with E-state index in [0.29, 0.717) is 0 Å². The van der Waals surface area contributed by atoms with Gasteiger partial charge in [0.25, 0.3) is 0 Å². The van der Waals surface area contributed by atoms with Crippen molar-refractivity contribution in [3.63, 3.8) is 0 Å². The summed E-state index contributed by atoms with van der Waals surface area (Å²) in [5.41, 5.74) is 1.78. The minimum absolute atomic E-state index is 0.271. The third-order valence-corrected chi connectivity index (χ3v) is 2.39. The molecule has 3 heteroatoms. The number of para-hydroxylation sites is 2. The zero-order valence-electron chi connectivity index (χ0n) is 8.65. The minimum Gasteiger partial charge on any atom is -0.441 e. The van der Waals surface area contributed by atoms with E-state index >= 15 is 0 Å². The maximum atomic E-state index is 8.64. The number of fused-ring (bicyclic) bond motifs is 1.